The first-order valence-corrected chi connectivity index (χ1v) is 10.6. The van der Waals surface area contributed by atoms with E-state index in [1.54, 1.807) is 21.3 Å². The van der Waals surface area contributed by atoms with Gasteiger partial charge in [-0.2, -0.15) is 0 Å². The van der Waals surface area contributed by atoms with Crippen LogP contribution >= 0.6 is 0 Å². The lowest BCUT2D eigenvalue weighted by atomic mass is 10.1. The number of rotatable bonds is 13. The molecule has 1 atom stereocenters. The van der Waals surface area contributed by atoms with E-state index in [1.165, 1.54) is 5.56 Å². The molecule has 31 heavy (non-hydrogen) atoms. The van der Waals surface area contributed by atoms with Gasteiger partial charge in [0.15, 0.2) is 11.5 Å². The number of hydrogen-bond acceptors (Lipinski definition) is 7. The van der Waals surface area contributed by atoms with Gasteiger partial charge in [-0.05, 0) is 42.1 Å². The number of ether oxygens (including phenoxy) is 3. The van der Waals surface area contributed by atoms with Crippen LogP contribution in [0.1, 0.15) is 24.5 Å². The Morgan fingerprint density at radius 1 is 0.839 bits per heavy atom. The molecule has 0 saturated heterocycles. The Kier molecular flexibility index (Phi) is 14.1. The molecule has 0 fully saturated rings. The third kappa shape index (κ3) is 10.5. The summed E-state index contributed by atoms with van der Waals surface area (Å²) in [5.74, 6) is 2.23. The van der Waals surface area contributed by atoms with Crippen LogP contribution in [-0.4, -0.2) is 57.8 Å². The predicted molar refractivity (Wildman–Crippen MR) is 124 cm³/mol. The average molecular weight is 435 g/mol. The number of aliphatic hydroxyl groups is 2. The lowest BCUT2D eigenvalue weighted by molar-refractivity contribution is 0.233. The van der Waals surface area contributed by atoms with Gasteiger partial charge in [-0.25, -0.2) is 0 Å². The topological polar surface area (TPSA) is 92.2 Å². The third-order valence-electron chi connectivity index (χ3n) is 4.54. The van der Waals surface area contributed by atoms with E-state index in [0.717, 1.165) is 31.6 Å². The van der Waals surface area contributed by atoms with Crippen LogP contribution in [0.4, 0.5) is 0 Å². The fourth-order valence-electron chi connectivity index (χ4n) is 2.80. The second-order valence-corrected chi connectivity index (χ2v) is 7.19. The van der Waals surface area contributed by atoms with Crippen LogP contribution in [0.5, 0.6) is 17.2 Å². The second kappa shape index (κ2) is 16.4. The Balaban J connectivity index is 0.000000327. The Bertz CT molecular complexity index is 687. The van der Waals surface area contributed by atoms with Crippen molar-refractivity contribution in [1.82, 2.24) is 10.6 Å². The van der Waals surface area contributed by atoms with Crippen molar-refractivity contribution in [3.63, 3.8) is 0 Å². The minimum absolute atomic E-state index is 0.197. The molecule has 2 aromatic carbocycles. The highest BCUT2D eigenvalue weighted by Crippen LogP contribution is 2.38. The van der Waals surface area contributed by atoms with Gasteiger partial charge in [0, 0.05) is 32.8 Å². The molecule has 0 spiro atoms. The lowest BCUT2D eigenvalue weighted by Crippen LogP contribution is -2.22. The monoisotopic (exact) mass is 434 g/mol. The van der Waals surface area contributed by atoms with Crippen molar-refractivity contribution in [2.75, 3.05) is 47.6 Å². The highest BCUT2D eigenvalue weighted by atomic mass is 16.5. The lowest BCUT2D eigenvalue weighted by Gasteiger charge is -2.14. The van der Waals surface area contributed by atoms with Crippen LogP contribution in [-0.2, 0) is 13.1 Å². The van der Waals surface area contributed by atoms with Crippen LogP contribution < -0.4 is 24.8 Å². The molecular formula is C24H38N2O5. The first-order chi connectivity index (χ1) is 15.1. The number of methoxy groups -OCH3 is 3. The van der Waals surface area contributed by atoms with Crippen LogP contribution in [0.3, 0.4) is 0 Å². The van der Waals surface area contributed by atoms with Crippen molar-refractivity contribution in [3.8, 4) is 17.2 Å². The van der Waals surface area contributed by atoms with Crippen LogP contribution in [0, 0.1) is 5.92 Å². The first kappa shape index (κ1) is 26.7. The molecule has 0 bridgehead atoms. The van der Waals surface area contributed by atoms with Gasteiger partial charge in [0.1, 0.15) is 0 Å². The van der Waals surface area contributed by atoms with Crippen molar-refractivity contribution in [3.05, 3.63) is 53.6 Å². The van der Waals surface area contributed by atoms with E-state index in [4.69, 9.17) is 24.4 Å². The molecule has 0 radical (unpaired) electrons. The summed E-state index contributed by atoms with van der Waals surface area (Å²) in [6, 6.07) is 14.1. The maximum Gasteiger partial charge on any atom is 0.203 e. The summed E-state index contributed by atoms with van der Waals surface area (Å²) in [4.78, 5) is 0. The molecule has 7 nitrogen and oxygen atoms in total. The second-order valence-electron chi connectivity index (χ2n) is 7.19. The zero-order chi connectivity index (χ0) is 22.9. The zero-order valence-corrected chi connectivity index (χ0v) is 19.2. The molecule has 0 aliphatic heterocycles. The largest absolute Gasteiger partial charge is 0.493 e. The van der Waals surface area contributed by atoms with Crippen molar-refractivity contribution in [1.29, 1.82) is 0 Å². The number of hydrogen-bond donors (Lipinski definition) is 4. The molecule has 0 aromatic heterocycles. The first-order valence-electron chi connectivity index (χ1n) is 10.6. The quantitative estimate of drug-likeness (QED) is 0.360. The smallest absolute Gasteiger partial charge is 0.203 e. The molecule has 0 amide bonds. The van der Waals surface area contributed by atoms with Gasteiger partial charge >= 0.3 is 0 Å². The van der Waals surface area contributed by atoms with Gasteiger partial charge in [0.25, 0.3) is 0 Å². The Labute approximate surface area is 186 Å². The fraction of sp³-hybridized carbons (Fsp3) is 0.500. The summed E-state index contributed by atoms with van der Waals surface area (Å²) in [5.41, 5.74) is 2.33. The Hall–Kier alpha value is -2.32. The van der Waals surface area contributed by atoms with Crippen molar-refractivity contribution >= 4 is 0 Å². The van der Waals surface area contributed by atoms with Crippen LogP contribution in [0.25, 0.3) is 0 Å². The van der Waals surface area contributed by atoms with Crippen molar-refractivity contribution in [2.24, 2.45) is 5.92 Å². The maximum atomic E-state index is 8.79. The van der Waals surface area contributed by atoms with Gasteiger partial charge in [-0.1, -0.05) is 37.3 Å². The Morgan fingerprint density at radius 2 is 1.45 bits per heavy atom. The predicted octanol–water partition coefficient (Wildman–Crippen LogP) is 2.59. The standard InChI is InChI=1S/C13H21NO4.C11H17NO/c1-16-11-7-10(9-14-5-4-6-15)8-12(17-2)13(11)18-3;1-10(9-13)7-12-8-11-5-3-2-4-6-11/h7-8,14-15H,4-6,9H2,1-3H3;2-6,10,12-13H,7-9H2,1H3. The SMILES string of the molecule is CC(CO)CNCc1ccccc1.COc1cc(CNCCCO)cc(OC)c1OC. The van der Waals surface area contributed by atoms with Gasteiger partial charge in [-0.3, -0.25) is 0 Å². The summed E-state index contributed by atoms with van der Waals surface area (Å²) in [7, 11) is 4.78. The number of benzene rings is 2. The molecule has 0 aliphatic rings. The van der Waals surface area contributed by atoms with Gasteiger partial charge in [0.2, 0.25) is 5.75 Å². The van der Waals surface area contributed by atoms with E-state index in [0.29, 0.717) is 29.7 Å². The average Bonchev–Trinajstić information content (AvgIpc) is 2.82. The zero-order valence-electron chi connectivity index (χ0n) is 19.2. The molecule has 0 aliphatic carbocycles. The molecule has 7 heteroatoms. The molecular weight excluding hydrogens is 396 g/mol. The van der Waals surface area contributed by atoms with Gasteiger partial charge in [0.05, 0.1) is 21.3 Å². The van der Waals surface area contributed by atoms with Gasteiger partial charge in [-0.15, -0.1) is 0 Å². The van der Waals surface area contributed by atoms with Gasteiger partial charge < -0.3 is 35.1 Å². The van der Waals surface area contributed by atoms with Crippen LogP contribution in [0.15, 0.2) is 42.5 Å². The normalized spacial score (nSPS) is 11.3. The summed E-state index contributed by atoms with van der Waals surface area (Å²) in [5, 5.41) is 24.0. The van der Waals surface area contributed by atoms with E-state index in [1.807, 2.05) is 37.3 Å². The molecule has 2 aromatic rings. The van der Waals surface area contributed by atoms with E-state index in [9.17, 15) is 0 Å². The number of nitrogens with one attached hydrogen (secondary N) is 2. The van der Waals surface area contributed by atoms with Crippen molar-refractivity contribution < 1.29 is 24.4 Å². The molecule has 0 saturated carbocycles. The summed E-state index contributed by atoms with van der Waals surface area (Å²) in [6.07, 6.45) is 0.741. The summed E-state index contributed by atoms with van der Waals surface area (Å²) < 4.78 is 15.8. The molecule has 0 heterocycles. The van der Waals surface area contributed by atoms with E-state index < -0.39 is 0 Å². The number of aliphatic hydroxyl groups excluding tert-OH is 2. The van der Waals surface area contributed by atoms with E-state index in [2.05, 4.69) is 22.8 Å². The minimum Gasteiger partial charge on any atom is -0.493 e. The summed E-state index contributed by atoms with van der Waals surface area (Å²) in [6.45, 7) is 5.68. The Morgan fingerprint density at radius 3 is 1.97 bits per heavy atom. The maximum absolute atomic E-state index is 8.79. The summed E-state index contributed by atoms with van der Waals surface area (Å²) >= 11 is 0. The van der Waals surface area contributed by atoms with E-state index >= 15 is 0 Å². The molecule has 1 unspecified atom stereocenters. The third-order valence-corrected chi connectivity index (χ3v) is 4.54. The minimum atomic E-state index is 0.197. The van der Waals surface area contributed by atoms with E-state index in [-0.39, 0.29) is 13.2 Å². The molecule has 4 N–H and O–H groups in total. The fourth-order valence-corrected chi connectivity index (χ4v) is 2.80. The van der Waals surface area contributed by atoms with Crippen molar-refractivity contribution in [2.45, 2.75) is 26.4 Å². The molecule has 174 valence electrons. The highest BCUT2D eigenvalue weighted by molar-refractivity contribution is 5.53. The molecule has 2 rings (SSSR count). The highest BCUT2D eigenvalue weighted by Gasteiger charge is 2.12. The van der Waals surface area contributed by atoms with Crippen LogP contribution in [0.2, 0.25) is 0 Å².